The summed E-state index contributed by atoms with van der Waals surface area (Å²) in [6.07, 6.45) is 0.762. The van der Waals surface area contributed by atoms with Crippen LogP contribution in [0.15, 0.2) is 54.6 Å². The third-order valence-corrected chi connectivity index (χ3v) is 4.96. The van der Waals surface area contributed by atoms with Crippen molar-refractivity contribution in [1.82, 2.24) is 5.32 Å². The molecule has 0 aliphatic heterocycles. The quantitative estimate of drug-likeness (QED) is 0.435. The monoisotopic (exact) mass is 490 g/mol. The lowest BCUT2D eigenvalue weighted by Crippen LogP contribution is -2.23. The number of carbonyl (C=O) groups is 1. The molecule has 0 fully saturated rings. The molecule has 0 aliphatic carbocycles. The molecule has 9 heteroatoms. The van der Waals surface area contributed by atoms with Crippen molar-refractivity contribution in [3.05, 3.63) is 77.1 Å². The fraction of sp³-hybridized carbons (Fsp3) is 0.240. The molecule has 1 amide bonds. The van der Waals surface area contributed by atoms with E-state index in [0.29, 0.717) is 12.3 Å². The van der Waals surface area contributed by atoms with Gasteiger partial charge in [-0.1, -0.05) is 24.3 Å². The van der Waals surface area contributed by atoms with Crippen LogP contribution in [0.5, 0.6) is 28.7 Å². The summed E-state index contributed by atoms with van der Waals surface area (Å²) in [6.45, 7) is 0.759. The fourth-order valence-electron chi connectivity index (χ4n) is 3.32. The van der Waals surface area contributed by atoms with Crippen molar-refractivity contribution in [1.29, 1.82) is 0 Å². The number of nitrogens with two attached hydrogens (primary N) is 1. The van der Waals surface area contributed by atoms with E-state index < -0.39 is 5.91 Å². The van der Waals surface area contributed by atoms with Gasteiger partial charge in [-0.2, -0.15) is 0 Å². The van der Waals surface area contributed by atoms with Gasteiger partial charge in [0.1, 0.15) is 11.6 Å². The highest BCUT2D eigenvalue weighted by atomic mass is 35.5. The van der Waals surface area contributed by atoms with Gasteiger partial charge in [0, 0.05) is 12.6 Å². The van der Waals surface area contributed by atoms with Crippen molar-refractivity contribution in [3.8, 4) is 28.7 Å². The van der Waals surface area contributed by atoms with E-state index in [4.69, 9.17) is 24.7 Å². The second kappa shape index (κ2) is 12.7. The summed E-state index contributed by atoms with van der Waals surface area (Å²) in [6, 6.07) is 14.9. The number of benzene rings is 3. The van der Waals surface area contributed by atoms with Crippen LogP contribution in [0, 0.1) is 5.82 Å². The lowest BCUT2D eigenvalue weighted by atomic mass is 10.1. The number of nitrogens with one attached hydrogen (secondary N) is 1. The Kier molecular flexibility index (Phi) is 9.97. The molecule has 0 heterocycles. The van der Waals surface area contributed by atoms with Gasteiger partial charge in [-0.3, -0.25) is 4.79 Å². The van der Waals surface area contributed by atoms with E-state index in [9.17, 15) is 9.18 Å². The number of ether oxygens (including phenoxy) is 4. The minimum absolute atomic E-state index is 0. The van der Waals surface area contributed by atoms with E-state index in [2.05, 4.69) is 5.32 Å². The summed E-state index contributed by atoms with van der Waals surface area (Å²) in [4.78, 5) is 13.0. The van der Waals surface area contributed by atoms with Gasteiger partial charge in [0.15, 0.2) is 11.5 Å². The zero-order chi connectivity index (χ0) is 23.8. The number of carbonyl (C=O) groups excluding carboxylic acids is 1. The Balaban J connectivity index is 0.00000408. The first kappa shape index (κ1) is 26.8. The van der Waals surface area contributed by atoms with Crippen LogP contribution in [0.4, 0.5) is 4.39 Å². The Morgan fingerprint density at radius 2 is 1.47 bits per heavy atom. The normalized spacial score (nSPS) is 10.1. The second-order valence-electron chi connectivity index (χ2n) is 7.12. The molecular formula is C25H28ClFN2O5. The van der Waals surface area contributed by atoms with Crippen LogP contribution in [-0.4, -0.2) is 33.8 Å². The maximum atomic E-state index is 13.1. The molecule has 0 aliphatic rings. The van der Waals surface area contributed by atoms with Crippen molar-refractivity contribution < 1.29 is 28.1 Å². The number of hydrogen-bond acceptors (Lipinski definition) is 6. The number of amides is 1. The van der Waals surface area contributed by atoms with Crippen LogP contribution in [0.2, 0.25) is 0 Å². The van der Waals surface area contributed by atoms with Gasteiger partial charge in [0.25, 0.3) is 5.91 Å². The molecule has 0 saturated heterocycles. The van der Waals surface area contributed by atoms with Crippen LogP contribution < -0.4 is 30.0 Å². The Hall–Kier alpha value is -3.49. The minimum Gasteiger partial charge on any atom is -0.492 e. The minimum atomic E-state index is -0.416. The number of halogens is 2. The SMILES string of the molecule is COc1c(Oc2ccc(CCN)cc2)cc(C(=O)NCc2ccc(F)cc2)c(OC)c1OC.Cl. The van der Waals surface area contributed by atoms with Crippen molar-refractivity contribution in [2.24, 2.45) is 5.73 Å². The predicted octanol–water partition coefficient (Wildman–Crippen LogP) is 4.50. The molecule has 3 N–H and O–H groups in total. The zero-order valence-electron chi connectivity index (χ0n) is 19.2. The molecule has 0 unspecified atom stereocenters. The number of hydrogen-bond donors (Lipinski definition) is 2. The van der Waals surface area contributed by atoms with E-state index in [1.807, 2.05) is 24.3 Å². The molecule has 0 saturated carbocycles. The third kappa shape index (κ3) is 6.30. The van der Waals surface area contributed by atoms with Gasteiger partial charge in [0.05, 0.1) is 26.9 Å². The second-order valence-corrected chi connectivity index (χ2v) is 7.12. The molecule has 0 spiro atoms. The zero-order valence-corrected chi connectivity index (χ0v) is 20.0. The van der Waals surface area contributed by atoms with Gasteiger partial charge in [-0.05, 0) is 48.4 Å². The van der Waals surface area contributed by atoms with Crippen LogP contribution in [0.25, 0.3) is 0 Å². The maximum absolute atomic E-state index is 13.1. The van der Waals surface area contributed by atoms with Gasteiger partial charge < -0.3 is 30.0 Å². The van der Waals surface area contributed by atoms with Gasteiger partial charge in [0.2, 0.25) is 11.5 Å². The smallest absolute Gasteiger partial charge is 0.255 e. The highest BCUT2D eigenvalue weighted by Crippen LogP contribution is 2.47. The average Bonchev–Trinajstić information content (AvgIpc) is 2.84. The van der Waals surface area contributed by atoms with Crippen molar-refractivity contribution in [2.45, 2.75) is 13.0 Å². The van der Waals surface area contributed by atoms with E-state index in [1.54, 1.807) is 12.1 Å². The van der Waals surface area contributed by atoms with Crippen LogP contribution >= 0.6 is 12.4 Å². The Labute approximate surface area is 204 Å². The molecule has 34 heavy (non-hydrogen) atoms. The average molecular weight is 491 g/mol. The molecule has 0 radical (unpaired) electrons. The van der Waals surface area contributed by atoms with E-state index in [1.165, 1.54) is 39.5 Å². The lowest BCUT2D eigenvalue weighted by molar-refractivity contribution is 0.0946. The lowest BCUT2D eigenvalue weighted by Gasteiger charge is -2.19. The van der Waals surface area contributed by atoms with Gasteiger partial charge >= 0.3 is 0 Å². The van der Waals surface area contributed by atoms with E-state index >= 15 is 0 Å². The topological polar surface area (TPSA) is 92.0 Å². The fourth-order valence-corrected chi connectivity index (χ4v) is 3.32. The standard InChI is InChI=1S/C25H27FN2O5.ClH/c1-30-22-20(25(29)28-15-17-4-8-18(26)9-5-17)14-21(23(31-2)24(22)32-3)33-19-10-6-16(7-11-19)12-13-27;/h4-11,14H,12-13,15,27H2,1-3H3,(H,28,29);1H. The summed E-state index contributed by atoms with van der Waals surface area (Å²) in [5.74, 6) is 0.800. The molecular weight excluding hydrogens is 463 g/mol. The maximum Gasteiger partial charge on any atom is 0.255 e. The van der Waals surface area contributed by atoms with Crippen LogP contribution in [0.3, 0.4) is 0 Å². The summed E-state index contributed by atoms with van der Waals surface area (Å²) in [5.41, 5.74) is 7.64. The highest BCUT2D eigenvalue weighted by Gasteiger charge is 2.26. The third-order valence-electron chi connectivity index (χ3n) is 4.96. The molecule has 7 nitrogen and oxygen atoms in total. The van der Waals surface area contributed by atoms with Crippen molar-refractivity contribution >= 4 is 18.3 Å². The first-order valence-corrected chi connectivity index (χ1v) is 10.3. The molecule has 3 aromatic carbocycles. The molecule has 0 bridgehead atoms. The van der Waals surface area contributed by atoms with E-state index in [0.717, 1.165) is 17.5 Å². The number of methoxy groups -OCH3 is 3. The molecule has 3 aromatic rings. The molecule has 0 aromatic heterocycles. The molecule has 3 rings (SSSR count). The molecule has 182 valence electrons. The number of rotatable bonds is 10. The Bertz CT molecular complexity index is 1090. The van der Waals surface area contributed by atoms with Crippen LogP contribution in [-0.2, 0) is 13.0 Å². The summed E-state index contributed by atoms with van der Waals surface area (Å²) in [7, 11) is 4.36. The summed E-state index contributed by atoms with van der Waals surface area (Å²) < 4.78 is 35.6. The Morgan fingerprint density at radius 1 is 0.882 bits per heavy atom. The molecule has 0 atom stereocenters. The van der Waals surface area contributed by atoms with Crippen LogP contribution in [0.1, 0.15) is 21.5 Å². The van der Waals surface area contributed by atoms with Crippen molar-refractivity contribution in [2.75, 3.05) is 27.9 Å². The largest absolute Gasteiger partial charge is 0.492 e. The summed E-state index contributed by atoms with van der Waals surface area (Å²) >= 11 is 0. The summed E-state index contributed by atoms with van der Waals surface area (Å²) in [5, 5.41) is 2.81. The first-order valence-electron chi connectivity index (χ1n) is 10.3. The van der Waals surface area contributed by atoms with E-state index in [-0.39, 0.29) is 53.3 Å². The van der Waals surface area contributed by atoms with Crippen molar-refractivity contribution in [3.63, 3.8) is 0 Å². The Morgan fingerprint density at radius 3 is 2.03 bits per heavy atom. The highest BCUT2D eigenvalue weighted by molar-refractivity contribution is 5.99. The first-order chi connectivity index (χ1) is 16.0. The predicted molar refractivity (Wildman–Crippen MR) is 130 cm³/mol. The van der Waals surface area contributed by atoms with Gasteiger partial charge in [-0.25, -0.2) is 4.39 Å². The van der Waals surface area contributed by atoms with Gasteiger partial charge in [-0.15, -0.1) is 12.4 Å².